The van der Waals surface area contributed by atoms with Gasteiger partial charge in [0.15, 0.2) is 0 Å². The maximum absolute atomic E-state index is 12.5. The molecule has 0 aliphatic heterocycles. The molecule has 0 saturated carbocycles. The summed E-state index contributed by atoms with van der Waals surface area (Å²) in [6, 6.07) is 23.3. The zero-order valence-electron chi connectivity index (χ0n) is 14.4. The molecule has 3 aromatic carbocycles. The third-order valence-corrected chi connectivity index (χ3v) is 4.23. The van der Waals surface area contributed by atoms with E-state index < -0.39 is 0 Å². The lowest BCUT2D eigenvalue weighted by Crippen LogP contribution is -2.11. The SMILES string of the molecule is Cc1cccc(NC(=O)c2ccc3c(c2)nnn3Cc2ccccc2)c1. The molecule has 128 valence electrons. The zero-order chi connectivity index (χ0) is 17.9. The van der Waals surface area contributed by atoms with E-state index in [-0.39, 0.29) is 5.91 Å². The van der Waals surface area contributed by atoms with Gasteiger partial charge in [-0.15, -0.1) is 5.10 Å². The van der Waals surface area contributed by atoms with Crippen LogP contribution < -0.4 is 5.32 Å². The van der Waals surface area contributed by atoms with Crippen molar-refractivity contribution in [3.8, 4) is 0 Å². The first kappa shape index (κ1) is 16.0. The fourth-order valence-electron chi connectivity index (χ4n) is 2.91. The molecule has 1 amide bonds. The van der Waals surface area contributed by atoms with E-state index in [9.17, 15) is 4.79 Å². The van der Waals surface area contributed by atoms with Crippen LogP contribution in [-0.2, 0) is 6.54 Å². The number of aromatic nitrogens is 3. The summed E-state index contributed by atoms with van der Waals surface area (Å²) in [7, 11) is 0. The summed E-state index contributed by atoms with van der Waals surface area (Å²) < 4.78 is 1.84. The summed E-state index contributed by atoms with van der Waals surface area (Å²) >= 11 is 0. The van der Waals surface area contributed by atoms with Gasteiger partial charge in [0.05, 0.1) is 12.1 Å². The topological polar surface area (TPSA) is 59.8 Å². The molecule has 1 aromatic heterocycles. The van der Waals surface area contributed by atoms with Gasteiger partial charge in [-0.3, -0.25) is 4.79 Å². The van der Waals surface area contributed by atoms with Crippen LogP contribution >= 0.6 is 0 Å². The monoisotopic (exact) mass is 342 g/mol. The van der Waals surface area contributed by atoms with Crippen molar-refractivity contribution in [3.63, 3.8) is 0 Å². The molecule has 26 heavy (non-hydrogen) atoms. The van der Waals surface area contributed by atoms with Crippen LogP contribution in [0.15, 0.2) is 72.8 Å². The Labute approximate surface area is 151 Å². The average molecular weight is 342 g/mol. The van der Waals surface area contributed by atoms with Crippen LogP contribution in [0.4, 0.5) is 5.69 Å². The number of aryl methyl sites for hydroxylation is 1. The highest BCUT2D eigenvalue weighted by atomic mass is 16.1. The van der Waals surface area contributed by atoms with Crippen molar-refractivity contribution in [2.24, 2.45) is 0 Å². The normalized spacial score (nSPS) is 10.8. The van der Waals surface area contributed by atoms with Crippen molar-refractivity contribution in [1.29, 1.82) is 0 Å². The first-order valence-corrected chi connectivity index (χ1v) is 8.44. The predicted molar refractivity (Wildman–Crippen MR) is 102 cm³/mol. The third-order valence-electron chi connectivity index (χ3n) is 4.23. The minimum absolute atomic E-state index is 0.157. The van der Waals surface area contributed by atoms with Crippen molar-refractivity contribution in [1.82, 2.24) is 15.0 Å². The Hall–Kier alpha value is -3.47. The highest BCUT2D eigenvalue weighted by molar-refractivity contribution is 6.05. The largest absolute Gasteiger partial charge is 0.322 e. The number of benzene rings is 3. The van der Waals surface area contributed by atoms with Crippen LogP contribution in [0.3, 0.4) is 0 Å². The molecular formula is C21H18N4O. The number of hydrogen-bond donors (Lipinski definition) is 1. The Morgan fingerprint density at radius 1 is 1.00 bits per heavy atom. The number of rotatable bonds is 4. The molecule has 0 aliphatic carbocycles. The second kappa shape index (κ2) is 6.80. The van der Waals surface area contributed by atoms with E-state index in [0.29, 0.717) is 17.6 Å². The van der Waals surface area contributed by atoms with Gasteiger partial charge in [0, 0.05) is 11.3 Å². The first-order chi connectivity index (χ1) is 12.7. The molecule has 1 N–H and O–H groups in total. The number of carbonyl (C=O) groups excluding carboxylic acids is 1. The smallest absolute Gasteiger partial charge is 0.255 e. The molecule has 4 aromatic rings. The average Bonchev–Trinajstić information content (AvgIpc) is 3.05. The molecule has 0 radical (unpaired) electrons. The lowest BCUT2D eigenvalue weighted by Gasteiger charge is -2.06. The fraction of sp³-hybridized carbons (Fsp3) is 0.0952. The maximum Gasteiger partial charge on any atom is 0.255 e. The molecule has 0 atom stereocenters. The molecule has 5 heteroatoms. The Morgan fingerprint density at radius 3 is 2.65 bits per heavy atom. The molecule has 0 bridgehead atoms. The van der Waals surface area contributed by atoms with Gasteiger partial charge in [-0.1, -0.05) is 47.7 Å². The molecule has 0 fully saturated rings. The molecule has 4 rings (SSSR count). The van der Waals surface area contributed by atoms with Crippen LogP contribution in [0.25, 0.3) is 11.0 Å². The van der Waals surface area contributed by atoms with Crippen LogP contribution in [0, 0.1) is 6.92 Å². The standard InChI is InChI=1S/C21H18N4O/c1-15-6-5-9-18(12-15)22-21(26)17-10-11-20-19(13-17)23-24-25(20)14-16-7-3-2-4-8-16/h2-13H,14H2,1H3,(H,22,26). The van der Waals surface area contributed by atoms with Gasteiger partial charge in [0.2, 0.25) is 0 Å². The molecule has 0 spiro atoms. The van der Waals surface area contributed by atoms with Crippen molar-refractivity contribution >= 4 is 22.6 Å². The van der Waals surface area contributed by atoms with E-state index in [1.54, 1.807) is 12.1 Å². The van der Waals surface area contributed by atoms with Gasteiger partial charge < -0.3 is 5.32 Å². The van der Waals surface area contributed by atoms with Crippen molar-refractivity contribution < 1.29 is 4.79 Å². The Morgan fingerprint density at radius 2 is 1.85 bits per heavy atom. The van der Waals surface area contributed by atoms with Gasteiger partial charge >= 0.3 is 0 Å². The minimum Gasteiger partial charge on any atom is -0.322 e. The second-order valence-corrected chi connectivity index (χ2v) is 6.26. The van der Waals surface area contributed by atoms with Crippen molar-refractivity contribution in [2.75, 3.05) is 5.32 Å². The number of amides is 1. The van der Waals surface area contributed by atoms with E-state index in [0.717, 1.165) is 22.3 Å². The van der Waals surface area contributed by atoms with E-state index in [1.807, 2.05) is 60.1 Å². The van der Waals surface area contributed by atoms with Crippen LogP contribution in [-0.4, -0.2) is 20.9 Å². The van der Waals surface area contributed by atoms with E-state index >= 15 is 0 Å². The summed E-state index contributed by atoms with van der Waals surface area (Å²) in [5.74, 6) is -0.157. The first-order valence-electron chi connectivity index (χ1n) is 8.44. The summed E-state index contributed by atoms with van der Waals surface area (Å²) in [6.45, 7) is 2.64. The van der Waals surface area contributed by atoms with Gasteiger partial charge in [0.1, 0.15) is 5.52 Å². The highest BCUT2D eigenvalue weighted by Crippen LogP contribution is 2.17. The molecule has 0 saturated heterocycles. The van der Waals surface area contributed by atoms with Crippen LogP contribution in [0.1, 0.15) is 21.5 Å². The second-order valence-electron chi connectivity index (χ2n) is 6.26. The summed E-state index contributed by atoms with van der Waals surface area (Å²) in [6.07, 6.45) is 0. The molecule has 1 heterocycles. The number of carbonyl (C=O) groups is 1. The number of nitrogens with zero attached hydrogens (tertiary/aromatic N) is 3. The van der Waals surface area contributed by atoms with Gasteiger partial charge in [-0.2, -0.15) is 0 Å². The lowest BCUT2D eigenvalue weighted by molar-refractivity contribution is 0.102. The molecule has 5 nitrogen and oxygen atoms in total. The van der Waals surface area contributed by atoms with Gasteiger partial charge in [-0.25, -0.2) is 4.68 Å². The Bertz CT molecular complexity index is 1070. The highest BCUT2D eigenvalue weighted by Gasteiger charge is 2.11. The number of nitrogens with one attached hydrogen (secondary N) is 1. The van der Waals surface area contributed by atoms with Gasteiger partial charge in [-0.05, 0) is 48.4 Å². The number of anilines is 1. The molecule has 0 aliphatic rings. The molecule has 0 unspecified atom stereocenters. The third kappa shape index (κ3) is 3.32. The number of fused-ring (bicyclic) bond motifs is 1. The quantitative estimate of drug-likeness (QED) is 0.609. The number of hydrogen-bond acceptors (Lipinski definition) is 3. The Kier molecular flexibility index (Phi) is 4.19. The van der Waals surface area contributed by atoms with Crippen molar-refractivity contribution in [3.05, 3.63) is 89.5 Å². The fourth-order valence-corrected chi connectivity index (χ4v) is 2.91. The van der Waals surface area contributed by atoms with Crippen LogP contribution in [0.2, 0.25) is 0 Å². The minimum atomic E-state index is -0.157. The van der Waals surface area contributed by atoms with E-state index in [1.165, 1.54) is 0 Å². The van der Waals surface area contributed by atoms with E-state index in [4.69, 9.17) is 0 Å². The predicted octanol–water partition coefficient (Wildman–Crippen LogP) is 4.04. The van der Waals surface area contributed by atoms with Crippen molar-refractivity contribution in [2.45, 2.75) is 13.5 Å². The lowest BCUT2D eigenvalue weighted by atomic mass is 10.1. The maximum atomic E-state index is 12.5. The summed E-state index contributed by atoms with van der Waals surface area (Å²) in [4.78, 5) is 12.5. The van der Waals surface area contributed by atoms with Crippen LogP contribution in [0.5, 0.6) is 0 Å². The van der Waals surface area contributed by atoms with E-state index in [2.05, 4.69) is 27.8 Å². The van der Waals surface area contributed by atoms with Gasteiger partial charge in [0.25, 0.3) is 5.91 Å². The zero-order valence-corrected chi connectivity index (χ0v) is 14.4. The molecular weight excluding hydrogens is 324 g/mol. The Balaban J connectivity index is 1.57. The summed E-state index contributed by atoms with van der Waals surface area (Å²) in [5, 5.41) is 11.4. The summed E-state index contributed by atoms with van der Waals surface area (Å²) in [5.41, 5.74) is 5.20.